The van der Waals surface area contributed by atoms with Crippen LogP contribution < -0.4 is 10.6 Å². The third kappa shape index (κ3) is 2.40. The van der Waals surface area contributed by atoms with Gasteiger partial charge in [-0.1, -0.05) is 0 Å². The molecule has 0 radical (unpaired) electrons. The van der Waals surface area contributed by atoms with Gasteiger partial charge in [-0.3, -0.25) is 9.59 Å². The second-order valence-corrected chi connectivity index (χ2v) is 5.44. The molecule has 3 heterocycles. The third-order valence-electron chi connectivity index (χ3n) is 4.12. The number of amides is 1. The monoisotopic (exact) mass is 278 g/mol. The first kappa shape index (κ1) is 13.1. The predicted molar refractivity (Wildman–Crippen MR) is 70.0 cm³/mol. The number of hydrogen-bond acceptors (Lipinski definition) is 5. The van der Waals surface area contributed by atoms with Gasteiger partial charge in [0, 0.05) is 6.42 Å². The highest BCUT2D eigenvalue weighted by atomic mass is 16.6. The second-order valence-electron chi connectivity index (χ2n) is 5.44. The Bertz CT molecular complexity index is 494. The number of imidazole rings is 1. The van der Waals surface area contributed by atoms with Gasteiger partial charge in [-0.05, 0) is 25.9 Å². The van der Waals surface area contributed by atoms with Crippen LogP contribution >= 0.6 is 0 Å². The highest BCUT2D eigenvalue weighted by molar-refractivity contribution is 5.92. The van der Waals surface area contributed by atoms with Gasteiger partial charge in [-0.15, -0.1) is 0 Å². The van der Waals surface area contributed by atoms with Crippen molar-refractivity contribution >= 4 is 11.9 Å². The smallest absolute Gasteiger partial charge is 0.312 e. The van der Waals surface area contributed by atoms with Crippen LogP contribution in [0.4, 0.5) is 0 Å². The first-order valence-electron chi connectivity index (χ1n) is 6.88. The van der Waals surface area contributed by atoms with Crippen molar-refractivity contribution in [2.24, 2.45) is 5.41 Å². The second kappa shape index (κ2) is 5.24. The van der Waals surface area contributed by atoms with E-state index in [1.165, 1.54) is 12.5 Å². The first-order chi connectivity index (χ1) is 9.70. The Morgan fingerprint density at radius 2 is 2.30 bits per heavy atom. The lowest BCUT2D eigenvalue weighted by Crippen LogP contribution is -2.39. The van der Waals surface area contributed by atoms with Crippen molar-refractivity contribution in [2.75, 3.05) is 19.6 Å². The average molecular weight is 278 g/mol. The van der Waals surface area contributed by atoms with Crippen molar-refractivity contribution < 1.29 is 14.3 Å². The quantitative estimate of drug-likeness (QED) is 0.667. The summed E-state index contributed by atoms with van der Waals surface area (Å²) in [7, 11) is 0. The molecule has 108 valence electrons. The summed E-state index contributed by atoms with van der Waals surface area (Å²) in [6.07, 6.45) is 5.01. The van der Waals surface area contributed by atoms with Crippen molar-refractivity contribution in [3.8, 4) is 0 Å². The molecule has 1 amide bonds. The van der Waals surface area contributed by atoms with Gasteiger partial charge in [0.05, 0.1) is 24.5 Å². The van der Waals surface area contributed by atoms with E-state index in [1.54, 1.807) is 0 Å². The molecular weight excluding hydrogens is 260 g/mol. The summed E-state index contributed by atoms with van der Waals surface area (Å²) in [5.41, 5.74) is 0.0696. The molecule has 1 aromatic heterocycles. The van der Waals surface area contributed by atoms with Crippen LogP contribution in [0.5, 0.6) is 0 Å². The number of aromatic amines is 1. The molecule has 2 saturated heterocycles. The molecule has 0 saturated carbocycles. The van der Waals surface area contributed by atoms with Crippen LogP contribution in [0.25, 0.3) is 0 Å². The van der Waals surface area contributed by atoms with Gasteiger partial charge in [0.2, 0.25) is 0 Å². The zero-order chi connectivity index (χ0) is 14.0. The number of esters is 1. The molecule has 1 unspecified atom stereocenters. The maximum atomic E-state index is 12.1. The molecule has 3 rings (SSSR count). The molecule has 1 spiro atoms. The van der Waals surface area contributed by atoms with Crippen molar-refractivity contribution in [3.63, 3.8) is 0 Å². The maximum Gasteiger partial charge on any atom is 0.312 e. The SMILES string of the molecule is O=C(NCC1CC2(CCNCC2)C(=O)O1)c1cnc[nH]1. The number of aromatic nitrogens is 2. The molecule has 2 aliphatic heterocycles. The highest BCUT2D eigenvalue weighted by Crippen LogP contribution is 2.41. The molecule has 0 bridgehead atoms. The molecule has 1 aromatic rings. The van der Waals surface area contributed by atoms with Gasteiger partial charge < -0.3 is 20.4 Å². The summed E-state index contributed by atoms with van der Waals surface area (Å²) in [6, 6.07) is 0. The number of cyclic esters (lactones) is 1. The standard InChI is InChI=1S/C13H18N4O3/c18-11(10-7-15-8-17-10)16-6-9-5-13(12(19)20-9)1-3-14-4-2-13/h7-9,14H,1-6H2,(H,15,17)(H,16,18). The summed E-state index contributed by atoms with van der Waals surface area (Å²) in [4.78, 5) is 30.4. The van der Waals surface area contributed by atoms with Crippen LogP contribution in [-0.4, -0.2) is 47.6 Å². The number of ether oxygens (including phenoxy) is 1. The Kier molecular flexibility index (Phi) is 3.43. The number of nitrogens with one attached hydrogen (secondary N) is 3. The zero-order valence-corrected chi connectivity index (χ0v) is 11.1. The molecule has 0 aliphatic carbocycles. The number of rotatable bonds is 3. The topological polar surface area (TPSA) is 96.1 Å². The van der Waals surface area contributed by atoms with Gasteiger partial charge >= 0.3 is 5.97 Å². The Morgan fingerprint density at radius 3 is 3.00 bits per heavy atom. The summed E-state index contributed by atoms with van der Waals surface area (Å²) in [5, 5.41) is 6.02. The molecule has 7 nitrogen and oxygen atoms in total. The van der Waals surface area contributed by atoms with E-state index in [4.69, 9.17) is 4.74 Å². The summed E-state index contributed by atoms with van der Waals surface area (Å²) in [5.74, 6) is -0.343. The van der Waals surface area contributed by atoms with Crippen molar-refractivity contribution in [1.82, 2.24) is 20.6 Å². The summed E-state index contributed by atoms with van der Waals surface area (Å²) < 4.78 is 5.42. The van der Waals surface area contributed by atoms with Crippen LogP contribution in [0.15, 0.2) is 12.5 Å². The van der Waals surface area contributed by atoms with Crippen molar-refractivity contribution in [3.05, 3.63) is 18.2 Å². The lowest BCUT2D eigenvalue weighted by atomic mass is 9.76. The van der Waals surface area contributed by atoms with Gasteiger partial charge in [-0.25, -0.2) is 4.98 Å². The lowest BCUT2D eigenvalue weighted by Gasteiger charge is -2.29. The zero-order valence-electron chi connectivity index (χ0n) is 11.1. The van der Waals surface area contributed by atoms with Gasteiger partial charge in [0.1, 0.15) is 11.8 Å². The fourth-order valence-corrected chi connectivity index (χ4v) is 2.95. The molecule has 20 heavy (non-hydrogen) atoms. The Labute approximate surface area is 116 Å². The molecule has 2 fully saturated rings. The van der Waals surface area contributed by atoms with Gasteiger partial charge in [0.15, 0.2) is 0 Å². The fraction of sp³-hybridized carbons (Fsp3) is 0.615. The Balaban J connectivity index is 1.55. The highest BCUT2D eigenvalue weighted by Gasteiger charge is 2.49. The number of hydrogen-bond donors (Lipinski definition) is 3. The number of carbonyl (C=O) groups excluding carboxylic acids is 2. The summed E-state index contributed by atoms with van der Waals surface area (Å²) >= 11 is 0. The van der Waals surface area contributed by atoms with Crippen molar-refractivity contribution in [2.45, 2.75) is 25.4 Å². The van der Waals surface area contributed by atoms with E-state index in [0.29, 0.717) is 18.7 Å². The molecule has 7 heteroatoms. The minimum Gasteiger partial charge on any atom is -0.460 e. The minimum atomic E-state index is -0.339. The van der Waals surface area contributed by atoms with Crippen LogP contribution in [0.3, 0.4) is 0 Å². The van der Waals surface area contributed by atoms with E-state index in [0.717, 1.165) is 25.9 Å². The van der Waals surface area contributed by atoms with Crippen LogP contribution in [0.1, 0.15) is 29.8 Å². The van der Waals surface area contributed by atoms with E-state index >= 15 is 0 Å². The fourth-order valence-electron chi connectivity index (χ4n) is 2.95. The van der Waals surface area contributed by atoms with Crippen LogP contribution in [0.2, 0.25) is 0 Å². The molecule has 0 aromatic carbocycles. The van der Waals surface area contributed by atoms with E-state index < -0.39 is 0 Å². The number of piperidine rings is 1. The van der Waals surface area contributed by atoms with E-state index in [9.17, 15) is 9.59 Å². The van der Waals surface area contributed by atoms with Crippen molar-refractivity contribution in [1.29, 1.82) is 0 Å². The first-order valence-corrected chi connectivity index (χ1v) is 6.88. The largest absolute Gasteiger partial charge is 0.460 e. The lowest BCUT2D eigenvalue weighted by molar-refractivity contribution is -0.149. The van der Waals surface area contributed by atoms with Gasteiger partial charge in [0.25, 0.3) is 5.91 Å². The van der Waals surface area contributed by atoms with Crippen LogP contribution in [0, 0.1) is 5.41 Å². The molecule has 3 N–H and O–H groups in total. The number of nitrogens with zero attached hydrogens (tertiary/aromatic N) is 1. The minimum absolute atomic E-state index is 0.111. The van der Waals surface area contributed by atoms with E-state index in [-0.39, 0.29) is 23.4 Å². The normalized spacial score (nSPS) is 24.6. The van der Waals surface area contributed by atoms with E-state index in [2.05, 4.69) is 20.6 Å². The average Bonchev–Trinajstić information content (AvgIpc) is 3.07. The summed E-state index contributed by atoms with van der Waals surface area (Å²) in [6.45, 7) is 2.05. The third-order valence-corrected chi connectivity index (χ3v) is 4.12. The number of carbonyl (C=O) groups is 2. The van der Waals surface area contributed by atoms with E-state index in [1.807, 2.05) is 0 Å². The predicted octanol–water partition coefficient (Wildman–Crippen LogP) is -0.175. The Morgan fingerprint density at radius 1 is 1.50 bits per heavy atom. The molecule has 1 atom stereocenters. The number of H-pyrrole nitrogens is 1. The Hall–Kier alpha value is -1.89. The molecule has 2 aliphatic rings. The van der Waals surface area contributed by atoms with Crippen LogP contribution in [-0.2, 0) is 9.53 Å². The van der Waals surface area contributed by atoms with Gasteiger partial charge in [-0.2, -0.15) is 0 Å². The maximum absolute atomic E-state index is 12.1. The molecular formula is C13H18N4O3.